The molecule has 2 aromatic carbocycles. The molecule has 1 aliphatic heterocycles. The van der Waals surface area contributed by atoms with E-state index >= 15 is 0 Å². The number of hydrogen-bond donors (Lipinski definition) is 1. The Morgan fingerprint density at radius 2 is 1.86 bits per heavy atom. The fraction of sp³-hybridized carbons (Fsp3) is 0.240. The van der Waals surface area contributed by atoms with Gasteiger partial charge in [0.25, 0.3) is 11.7 Å². The Labute approximate surface area is 217 Å². The fourth-order valence-corrected chi connectivity index (χ4v) is 4.60. The molecule has 7 nitrogen and oxygen atoms in total. The van der Waals surface area contributed by atoms with E-state index in [4.69, 9.17) is 39.5 Å². The van der Waals surface area contributed by atoms with Gasteiger partial charge in [0.2, 0.25) is 0 Å². The summed E-state index contributed by atoms with van der Waals surface area (Å²) in [7, 11) is 0. The Hall–Kier alpha value is -3.00. The summed E-state index contributed by atoms with van der Waals surface area (Å²) in [6.45, 7) is 3.13. The second-order valence-corrected chi connectivity index (χ2v) is 9.12. The highest BCUT2D eigenvalue weighted by atomic mass is 35.5. The molecule has 1 amide bonds. The molecule has 0 radical (unpaired) electrons. The lowest BCUT2D eigenvalue weighted by molar-refractivity contribution is -0.139. The zero-order valence-electron chi connectivity index (χ0n) is 18.7. The van der Waals surface area contributed by atoms with Crippen LogP contribution in [-0.4, -0.2) is 44.4 Å². The molecule has 1 N–H and O–H groups in total. The van der Waals surface area contributed by atoms with Crippen LogP contribution >= 0.6 is 34.8 Å². The lowest BCUT2D eigenvalue weighted by Crippen LogP contribution is -2.31. The van der Waals surface area contributed by atoms with Crippen LogP contribution in [-0.2, 0) is 16.1 Å². The van der Waals surface area contributed by atoms with Crippen molar-refractivity contribution in [3.05, 3.63) is 86.9 Å². The third-order valence-corrected chi connectivity index (χ3v) is 6.71. The molecular formula is C25H22Cl3N3O4. The van der Waals surface area contributed by atoms with Crippen LogP contribution in [0.2, 0.25) is 15.1 Å². The number of rotatable bonds is 8. The van der Waals surface area contributed by atoms with Gasteiger partial charge in [-0.25, -0.2) is 4.98 Å². The van der Waals surface area contributed by atoms with E-state index in [9.17, 15) is 14.7 Å². The number of nitrogens with zero attached hydrogens (tertiary/aromatic N) is 3. The number of Topliss-reactive ketones (excluding diaryl/α,β-unsaturated/α-hetero) is 1. The maximum Gasteiger partial charge on any atom is 0.295 e. The number of ether oxygens (including phenoxy) is 1. The minimum atomic E-state index is -0.849. The maximum atomic E-state index is 13.2. The van der Waals surface area contributed by atoms with Gasteiger partial charge in [0, 0.05) is 31.0 Å². The number of imidazole rings is 1. The van der Waals surface area contributed by atoms with Crippen molar-refractivity contribution >= 4 is 52.3 Å². The van der Waals surface area contributed by atoms with Gasteiger partial charge in [0.15, 0.2) is 0 Å². The number of carbonyl (C=O) groups excluding carboxylic acids is 2. The monoisotopic (exact) mass is 533 g/mol. The van der Waals surface area contributed by atoms with Gasteiger partial charge in [-0.05, 0) is 49.2 Å². The van der Waals surface area contributed by atoms with E-state index in [0.717, 1.165) is 0 Å². The number of hydrogen-bond acceptors (Lipinski definition) is 5. The smallest absolute Gasteiger partial charge is 0.295 e. The van der Waals surface area contributed by atoms with Crippen molar-refractivity contribution in [2.75, 3.05) is 13.2 Å². The zero-order chi connectivity index (χ0) is 25.1. The first-order chi connectivity index (χ1) is 16.8. The van der Waals surface area contributed by atoms with Crippen LogP contribution in [0.15, 0.2) is 60.7 Å². The van der Waals surface area contributed by atoms with Gasteiger partial charge >= 0.3 is 0 Å². The highest BCUT2D eigenvalue weighted by molar-refractivity contribution is 6.47. The molecule has 0 spiro atoms. The van der Waals surface area contributed by atoms with Crippen molar-refractivity contribution in [2.24, 2.45) is 0 Å². The van der Waals surface area contributed by atoms with Crippen LogP contribution in [0, 0.1) is 0 Å². The Balaban J connectivity index is 1.76. The van der Waals surface area contributed by atoms with Crippen LogP contribution in [0.1, 0.15) is 30.5 Å². The summed E-state index contributed by atoms with van der Waals surface area (Å²) in [6, 6.07) is 8.73. The first kappa shape index (κ1) is 25.1. The Bertz CT molecular complexity index is 1290. The maximum absolute atomic E-state index is 13.2. The average Bonchev–Trinajstić information content (AvgIpc) is 3.44. The number of halogens is 3. The molecule has 1 fully saturated rings. The molecule has 4 rings (SSSR count). The Kier molecular flexibility index (Phi) is 7.69. The summed E-state index contributed by atoms with van der Waals surface area (Å²) >= 11 is 18.7. The summed E-state index contributed by atoms with van der Waals surface area (Å²) < 4.78 is 7.33. The van der Waals surface area contributed by atoms with E-state index in [0.29, 0.717) is 41.5 Å². The van der Waals surface area contributed by atoms with E-state index in [2.05, 4.69) is 4.98 Å². The van der Waals surface area contributed by atoms with Crippen molar-refractivity contribution in [3.8, 4) is 5.75 Å². The summed E-state index contributed by atoms with van der Waals surface area (Å²) in [4.78, 5) is 31.7. The van der Waals surface area contributed by atoms with Gasteiger partial charge in [0.05, 0.1) is 39.6 Å². The predicted molar refractivity (Wildman–Crippen MR) is 135 cm³/mol. The molecule has 10 heteroatoms. The number of likely N-dealkylation sites (tertiary alicyclic amines) is 1. The summed E-state index contributed by atoms with van der Waals surface area (Å²) in [5.74, 6) is -1.37. The molecule has 0 saturated carbocycles. The van der Waals surface area contributed by atoms with E-state index in [1.54, 1.807) is 42.9 Å². The molecule has 35 heavy (non-hydrogen) atoms. The zero-order valence-corrected chi connectivity index (χ0v) is 21.0. The van der Waals surface area contributed by atoms with Crippen LogP contribution in [0.3, 0.4) is 0 Å². The Morgan fingerprint density at radius 1 is 1.06 bits per heavy atom. The third kappa shape index (κ3) is 5.17. The van der Waals surface area contributed by atoms with Crippen LogP contribution in [0.5, 0.6) is 5.75 Å². The molecule has 182 valence electrons. The molecule has 1 atom stereocenters. The highest BCUT2D eigenvalue weighted by Gasteiger charge is 2.46. The fourth-order valence-electron chi connectivity index (χ4n) is 4.06. The number of ketones is 1. The van der Waals surface area contributed by atoms with E-state index < -0.39 is 17.7 Å². The van der Waals surface area contributed by atoms with Gasteiger partial charge in [0.1, 0.15) is 11.5 Å². The quantitative estimate of drug-likeness (QED) is 0.226. The molecule has 1 unspecified atom stereocenters. The van der Waals surface area contributed by atoms with Gasteiger partial charge < -0.3 is 19.3 Å². The number of aryl methyl sites for hydroxylation is 1. The van der Waals surface area contributed by atoms with E-state index in [1.807, 2.05) is 17.7 Å². The summed E-state index contributed by atoms with van der Waals surface area (Å²) in [6.07, 6.45) is 5.74. The molecule has 1 aliphatic rings. The number of aliphatic hydroxyl groups excluding tert-OH is 1. The van der Waals surface area contributed by atoms with Gasteiger partial charge in [-0.1, -0.05) is 40.9 Å². The molecule has 0 aliphatic carbocycles. The van der Waals surface area contributed by atoms with Crippen LogP contribution in [0.25, 0.3) is 5.76 Å². The van der Waals surface area contributed by atoms with Crippen molar-refractivity contribution in [1.82, 2.24) is 14.5 Å². The average molecular weight is 535 g/mol. The van der Waals surface area contributed by atoms with Crippen molar-refractivity contribution in [3.63, 3.8) is 0 Å². The third-order valence-electron chi connectivity index (χ3n) is 5.68. The van der Waals surface area contributed by atoms with Gasteiger partial charge in [-0.15, -0.1) is 0 Å². The standard InChI is InChI=1S/C25H22Cl3N3O4/c1-2-35-20-7-5-16(13-19(20)28)23(32)21-22(15-4-6-17(26)18(27)12-15)31(25(34)24(21)33)10-3-9-30-11-8-29-14-30/h4-8,11-14,22,32H,2-3,9-10H2,1H3/b23-21+. The number of carbonyl (C=O) groups is 2. The number of amides is 1. The lowest BCUT2D eigenvalue weighted by Gasteiger charge is -2.25. The number of benzene rings is 2. The topological polar surface area (TPSA) is 84.7 Å². The number of aliphatic hydroxyl groups is 1. The molecule has 1 saturated heterocycles. The predicted octanol–water partition coefficient (Wildman–Crippen LogP) is 5.75. The highest BCUT2D eigenvalue weighted by Crippen LogP contribution is 2.41. The second kappa shape index (κ2) is 10.7. The van der Waals surface area contributed by atoms with Crippen LogP contribution in [0.4, 0.5) is 0 Å². The molecule has 0 bridgehead atoms. The lowest BCUT2D eigenvalue weighted by atomic mass is 9.95. The van der Waals surface area contributed by atoms with Crippen molar-refractivity contribution in [1.29, 1.82) is 0 Å². The molecule has 1 aromatic heterocycles. The van der Waals surface area contributed by atoms with Gasteiger partial charge in [-0.2, -0.15) is 0 Å². The van der Waals surface area contributed by atoms with Crippen molar-refractivity contribution < 1.29 is 19.4 Å². The van der Waals surface area contributed by atoms with Crippen LogP contribution < -0.4 is 4.74 Å². The normalized spacial score (nSPS) is 17.3. The number of aromatic nitrogens is 2. The van der Waals surface area contributed by atoms with E-state index in [1.165, 1.54) is 11.0 Å². The molecular weight excluding hydrogens is 513 g/mol. The molecule has 3 aromatic rings. The second-order valence-electron chi connectivity index (χ2n) is 7.90. The minimum absolute atomic E-state index is 0.0451. The van der Waals surface area contributed by atoms with Crippen molar-refractivity contribution in [2.45, 2.75) is 25.9 Å². The van der Waals surface area contributed by atoms with Gasteiger partial charge in [-0.3, -0.25) is 9.59 Å². The first-order valence-electron chi connectivity index (χ1n) is 10.9. The molecule has 2 heterocycles. The van der Waals surface area contributed by atoms with E-state index in [-0.39, 0.29) is 27.9 Å². The summed E-state index contributed by atoms with van der Waals surface area (Å²) in [5, 5.41) is 12.1. The Morgan fingerprint density at radius 3 is 2.51 bits per heavy atom. The SMILES string of the molecule is CCOc1ccc(/C(O)=C2\C(=O)C(=O)N(CCCn3ccnc3)C2c2ccc(Cl)c(Cl)c2)cc1Cl. The minimum Gasteiger partial charge on any atom is -0.507 e. The summed E-state index contributed by atoms with van der Waals surface area (Å²) in [5.41, 5.74) is 0.802. The first-order valence-corrected chi connectivity index (χ1v) is 12.1. The largest absolute Gasteiger partial charge is 0.507 e.